The first-order valence-electron chi connectivity index (χ1n) is 9.33. The minimum atomic E-state index is -0.818. The summed E-state index contributed by atoms with van der Waals surface area (Å²) in [4.78, 5) is 23.8. The molecule has 0 aromatic carbocycles. The van der Waals surface area contributed by atoms with Gasteiger partial charge in [0.05, 0.1) is 0 Å². The normalized spacial score (nSPS) is 23.0. The van der Waals surface area contributed by atoms with Crippen molar-refractivity contribution in [2.45, 2.75) is 77.6 Å². The van der Waals surface area contributed by atoms with Gasteiger partial charge in [0.2, 0.25) is 0 Å². The van der Waals surface area contributed by atoms with Crippen molar-refractivity contribution in [2.24, 2.45) is 0 Å². The Balaban J connectivity index is 0.000000260. The lowest BCUT2D eigenvalue weighted by Gasteiger charge is -2.37. The number of carbonyl (C=O) groups excluding carboxylic acids is 1. The smallest absolute Gasteiger partial charge is 0.408 e. The van der Waals surface area contributed by atoms with Crippen molar-refractivity contribution in [1.29, 1.82) is 0 Å². The maximum atomic E-state index is 11.3. The van der Waals surface area contributed by atoms with Crippen molar-refractivity contribution in [3.05, 3.63) is 0 Å². The highest BCUT2D eigenvalue weighted by Crippen LogP contribution is 2.20. The molecule has 2 amide bonds. The second kappa shape index (κ2) is 9.41. The van der Waals surface area contributed by atoms with E-state index in [0.717, 1.165) is 39.0 Å². The number of hydrogen-bond acceptors (Lipinski definition) is 5. The van der Waals surface area contributed by atoms with Gasteiger partial charge in [-0.2, -0.15) is 0 Å². The van der Waals surface area contributed by atoms with E-state index in [1.165, 1.54) is 0 Å². The van der Waals surface area contributed by atoms with Crippen molar-refractivity contribution in [2.75, 3.05) is 26.2 Å². The van der Waals surface area contributed by atoms with Crippen molar-refractivity contribution in [1.82, 2.24) is 20.9 Å². The molecule has 8 heteroatoms. The van der Waals surface area contributed by atoms with Crippen molar-refractivity contribution in [3.63, 3.8) is 0 Å². The molecule has 4 N–H and O–H groups in total. The van der Waals surface area contributed by atoms with Gasteiger partial charge in [-0.1, -0.05) is 0 Å². The van der Waals surface area contributed by atoms with Gasteiger partial charge < -0.3 is 25.8 Å². The van der Waals surface area contributed by atoms with Crippen LogP contribution < -0.4 is 16.0 Å². The Hall–Kier alpha value is -1.54. The molecular weight excluding hydrogens is 336 g/mol. The van der Waals surface area contributed by atoms with Crippen LogP contribution in [-0.2, 0) is 4.74 Å². The van der Waals surface area contributed by atoms with Gasteiger partial charge in [-0.15, -0.1) is 0 Å². The standard InChI is InChI=1S/2C9H18N2O2/c1-9(2,3)13-8(12)11-7-4-5-10-6-7;1-9(2,3)11(8(12)13)7-4-5-10-6-7/h7,10H,4-6H2,1-3H3,(H,11,12);7,10H,4-6H2,1-3H3,(H,12,13)/t2*7-/m10/s1. The van der Waals surface area contributed by atoms with Crippen LogP contribution in [0.5, 0.6) is 0 Å². The van der Waals surface area contributed by atoms with Crippen LogP contribution in [0.1, 0.15) is 54.4 Å². The molecule has 0 spiro atoms. The minimum Gasteiger partial charge on any atom is -0.465 e. The summed E-state index contributed by atoms with van der Waals surface area (Å²) in [6.45, 7) is 14.9. The van der Waals surface area contributed by atoms with Crippen molar-refractivity contribution in [3.8, 4) is 0 Å². The van der Waals surface area contributed by atoms with Gasteiger partial charge in [0.25, 0.3) is 0 Å². The molecule has 2 fully saturated rings. The first-order valence-corrected chi connectivity index (χ1v) is 9.33. The number of ether oxygens (including phenoxy) is 1. The highest BCUT2D eigenvalue weighted by atomic mass is 16.6. The molecule has 2 aliphatic rings. The van der Waals surface area contributed by atoms with E-state index >= 15 is 0 Å². The molecule has 2 saturated heterocycles. The molecule has 0 aromatic rings. The van der Waals surface area contributed by atoms with E-state index in [2.05, 4.69) is 16.0 Å². The number of carboxylic acid groups (broad SMARTS) is 1. The molecule has 8 nitrogen and oxygen atoms in total. The van der Waals surface area contributed by atoms with E-state index < -0.39 is 11.7 Å². The van der Waals surface area contributed by atoms with Crippen LogP contribution in [-0.4, -0.2) is 71.6 Å². The maximum Gasteiger partial charge on any atom is 0.408 e. The van der Waals surface area contributed by atoms with Crippen LogP contribution in [0, 0.1) is 0 Å². The van der Waals surface area contributed by atoms with Gasteiger partial charge in [0, 0.05) is 30.7 Å². The van der Waals surface area contributed by atoms with Gasteiger partial charge in [0.15, 0.2) is 0 Å². The highest BCUT2D eigenvalue weighted by Gasteiger charge is 2.34. The Labute approximate surface area is 157 Å². The Kier molecular flexibility index (Phi) is 8.15. The minimum absolute atomic E-state index is 0.137. The van der Waals surface area contributed by atoms with Crippen LogP contribution in [0.15, 0.2) is 0 Å². The number of nitrogens with one attached hydrogen (secondary N) is 3. The highest BCUT2D eigenvalue weighted by molar-refractivity contribution is 5.68. The molecule has 0 aromatic heterocycles. The summed E-state index contributed by atoms with van der Waals surface area (Å²) in [5, 5.41) is 18.2. The lowest BCUT2D eigenvalue weighted by Crippen LogP contribution is -2.51. The molecule has 26 heavy (non-hydrogen) atoms. The number of hydrogen-bond donors (Lipinski definition) is 4. The van der Waals surface area contributed by atoms with Gasteiger partial charge >= 0.3 is 12.2 Å². The monoisotopic (exact) mass is 372 g/mol. The van der Waals surface area contributed by atoms with Crippen LogP contribution in [0.3, 0.4) is 0 Å². The third-order valence-corrected chi connectivity index (χ3v) is 4.11. The second-order valence-electron chi connectivity index (χ2n) is 8.81. The fourth-order valence-electron chi connectivity index (χ4n) is 3.10. The summed E-state index contributed by atoms with van der Waals surface area (Å²) < 4.78 is 5.12. The average molecular weight is 373 g/mol. The maximum absolute atomic E-state index is 11.3. The summed E-state index contributed by atoms with van der Waals surface area (Å²) in [6.07, 6.45) is 0.769. The van der Waals surface area contributed by atoms with Crippen LogP contribution in [0.25, 0.3) is 0 Å². The fourth-order valence-corrected chi connectivity index (χ4v) is 3.10. The van der Waals surface area contributed by atoms with E-state index in [9.17, 15) is 9.59 Å². The lowest BCUT2D eigenvalue weighted by molar-refractivity contribution is 0.0508. The third kappa shape index (κ3) is 8.23. The van der Waals surface area contributed by atoms with E-state index in [4.69, 9.17) is 9.84 Å². The number of rotatable bonds is 2. The van der Waals surface area contributed by atoms with Gasteiger partial charge in [0.1, 0.15) is 5.60 Å². The molecule has 0 unspecified atom stereocenters. The summed E-state index contributed by atoms with van der Waals surface area (Å²) >= 11 is 0. The molecule has 2 aliphatic heterocycles. The zero-order valence-corrected chi connectivity index (χ0v) is 17.0. The number of alkyl carbamates (subject to hydrolysis) is 1. The lowest BCUT2D eigenvalue weighted by atomic mass is 10.0. The molecule has 152 valence electrons. The van der Waals surface area contributed by atoms with E-state index in [0.29, 0.717) is 0 Å². The molecule has 0 aliphatic carbocycles. The van der Waals surface area contributed by atoms with E-state index in [-0.39, 0.29) is 23.7 Å². The zero-order chi connectivity index (χ0) is 20.0. The molecule has 2 atom stereocenters. The molecule has 0 saturated carbocycles. The second-order valence-corrected chi connectivity index (χ2v) is 8.81. The first-order chi connectivity index (χ1) is 11.9. The summed E-state index contributed by atoms with van der Waals surface area (Å²) in [5.74, 6) is 0. The molecule has 2 rings (SSSR count). The van der Waals surface area contributed by atoms with Crippen LogP contribution in [0.4, 0.5) is 9.59 Å². The van der Waals surface area contributed by atoms with E-state index in [1.807, 2.05) is 41.5 Å². The molecular formula is C18H36N4O4. The topological polar surface area (TPSA) is 103 Å². The Bertz CT molecular complexity index is 457. The number of amides is 2. The predicted octanol–water partition coefficient (Wildman–Crippen LogP) is 2.00. The van der Waals surface area contributed by atoms with Gasteiger partial charge in [-0.05, 0) is 67.5 Å². The molecule has 0 bridgehead atoms. The zero-order valence-electron chi connectivity index (χ0n) is 17.0. The van der Waals surface area contributed by atoms with Gasteiger partial charge in [-0.25, -0.2) is 9.59 Å². The van der Waals surface area contributed by atoms with Crippen LogP contribution in [0.2, 0.25) is 0 Å². The summed E-state index contributed by atoms with van der Waals surface area (Å²) in [6, 6.07) is 0.368. The van der Waals surface area contributed by atoms with E-state index in [1.54, 1.807) is 4.90 Å². The number of carbonyl (C=O) groups is 2. The summed E-state index contributed by atoms with van der Waals surface area (Å²) in [5.41, 5.74) is -0.710. The van der Waals surface area contributed by atoms with Crippen LogP contribution >= 0.6 is 0 Å². The quantitative estimate of drug-likeness (QED) is 0.591. The number of nitrogens with zero attached hydrogens (tertiary/aromatic N) is 1. The Morgan fingerprint density at radius 2 is 1.62 bits per heavy atom. The van der Waals surface area contributed by atoms with Crippen molar-refractivity contribution < 1.29 is 19.4 Å². The average Bonchev–Trinajstić information content (AvgIpc) is 3.08. The fraction of sp³-hybridized carbons (Fsp3) is 0.889. The largest absolute Gasteiger partial charge is 0.465 e. The molecule has 2 heterocycles. The Morgan fingerprint density at radius 3 is 2.00 bits per heavy atom. The SMILES string of the molecule is CC(C)(C)N(C(=O)O)[C@H]1CCNC1.CC(C)(C)OC(=O)N[C@@H]1CCNC1. The summed E-state index contributed by atoms with van der Waals surface area (Å²) in [7, 11) is 0. The predicted molar refractivity (Wildman–Crippen MR) is 102 cm³/mol. The van der Waals surface area contributed by atoms with Gasteiger partial charge in [-0.3, -0.25) is 4.90 Å². The third-order valence-electron chi connectivity index (χ3n) is 4.11. The Morgan fingerprint density at radius 1 is 1.04 bits per heavy atom. The van der Waals surface area contributed by atoms with Crippen molar-refractivity contribution >= 4 is 12.2 Å². The molecule has 0 radical (unpaired) electrons. The first kappa shape index (κ1) is 22.5.